The maximum atomic E-state index is 12.4. The zero-order valence-corrected chi connectivity index (χ0v) is 17.4. The van der Waals surface area contributed by atoms with Crippen molar-refractivity contribution in [2.45, 2.75) is 32.4 Å². The number of carbonyl (C=O) groups excluding carboxylic acids is 1. The van der Waals surface area contributed by atoms with E-state index in [0.29, 0.717) is 10.7 Å². The van der Waals surface area contributed by atoms with Gasteiger partial charge in [0, 0.05) is 35.0 Å². The summed E-state index contributed by atoms with van der Waals surface area (Å²) in [7, 11) is 0. The van der Waals surface area contributed by atoms with Gasteiger partial charge in [-0.3, -0.25) is 4.99 Å². The molecule has 3 rings (SSSR count). The van der Waals surface area contributed by atoms with Crippen LogP contribution in [-0.4, -0.2) is 30.5 Å². The van der Waals surface area contributed by atoms with Gasteiger partial charge in [-0.05, 0) is 38.5 Å². The van der Waals surface area contributed by atoms with E-state index in [1.807, 2.05) is 30.3 Å². The highest BCUT2D eigenvalue weighted by Crippen LogP contribution is 2.31. The van der Waals surface area contributed by atoms with Gasteiger partial charge in [-0.15, -0.1) is 0 Å². The minimum Gasteiger partial charge on any atom is -0.624 e. The minimum absolute atomic E-state index is 0.0937. The summed E-state index contributed by atoms with van der Waals surface area (Å²) in [5.74, 6) is 0. The van der Waals surface area contributed by atoms with Crippen molar-refractivity contribution in [1.29, 1.82) is 0 Å². The Labute approximate surface area is 175 Å². The van der Waals surface area contributed by atoms with Gasteiger partial charge in [0.25, 0.3) is 0 Å². The summed E-state index contributed by atoms with van der Waals surface area (Å²) in [5, 5.41) is 15.6. The van der Waals surface area contributed by atoms with Crippen molar-refractivity contribution >= 4 is 35.2 Å². The first kappa shape index (κ1) is 21.0. The lowest BCUT2D eigenvalue weighted by Crippen LogP contribution is -2.95. The molecule has 1 aliphatic heterocycles. The van der Waals surface area contributed by atoms with Crippen molar-refractivity contribution in [3.05, 3.63) is 76.1 Å². The number of hydroxylamine groups is 1. The Morgan fingerprint density at radius 1 is 1.28 bits per heavy atom. The highest BCUT2D eigenvalue weighted by Gasteiger charge is 2.28. The van der Waals surface area contributed by atoms with Crippen LogP contribution >= 0.6 is 11.6 Å². The van der Waals surface area contributed by atoms with E-state index < -0.39 is 17.7 Å². The van der Waals surface area contributed by atoms with Gasteiger partial charge in [0.1, 0.15) is 17.5 Å². The van der Waals surface area contributed by atoms with Gasteiger partial charge in [0.05, 0.1) is 6.04 Å². The molecule has 29 heavy (non-hydrogen) atoms. The largest absolute Gasteiger partial charge is 0.624 e. The van der Waals surface area contributed by atoms with Crippen LogP contribution in [0.2, 0.25) is 5.02 Å². The van der Waals surface area contributed by atoms with E-state index >= 15 is 0 Å². The number of benzene rings is 2. The number of nitrogens with zero attached hydrogens (tertiary/aromatic N) is 1. The molecule has 152 valence electrons. The molecule has 0 aromatic heterocycles. The Morgan fingerprint density at radius 2 is 2.00 bits per heavy atom. The van der Waals surface area contributed by atoms with Gasteiger partial charge in [-0.25, -0.2) is 4.79 Å². The third-order valence-corrected chi connectivity index (χ3v) is 4.48. The highest BCUT2D eigenvalue weighted by molar-refractivity contribution is 6.30. The fraction of sp³-hybridized carbons (Fsp3) is 0.273. The zero-order valence-electron chi connectivity index (χ0n) is 16.6. The molecule has 0 radical (unpaired) electrons. The standard InChI is InChI=1S/C22H24ClN3O3/c1-22(2,3)29-21(27)25-13-19(24-12-15-7-5-4-6-8-15)18-14-26(28)20-10-9-16(23)11-17(18)20/h4-12,14,19,26H,13H2,1-3H3,(H,25,27). The quantitative estimate of drug-likeness (QED) is 0.579. The van der Waals surface area contributed by atoms with Crippen LogP contribution in [0.4, 0.5) is 10.5 Å². The van der Waals surface area contributed by atoms with Crippen LogP contribution in [0, 0.1) is 5.21 Å². The Hall–Kier alpha value is -2.67. The highest BCUT2D eigenvalue weighted by atomic mass is 35.5. The summed E-state index contributed by atoms with van der Waals surface area (Å²) in [6.45, 7) is 5.58. The summed E-state index contributed by atoms with van der Waals surface area (Å²) in [4.78, 5) is 16.8. The molecule has 0 saturated heterocycles. The van der Waals surface area contributed by atoms with Gasteiger partial charge >= 0.3 is 6.09 Å². The number of rotatable bonds is 5. The molecule has 2 aromatic rings. The summed E-state index contributed by atoms with van der Waals surface area (Å²) in [6.07, 6.45) is 2.76. The van der Waals surface area contributed by atoms with Crippen LogP contribution in [0.3, 0.4) is 0 Å². The van der Waals surface area contributed by atoms with Crippen LogP contribution in [0.5, 0.6) is 0 Å². The van der Waals surface area contributed by atoms with Gasteiger partial charge < -0.3 is 20.3 Å². The predicted molar refractivity (Wildman–Crippen MR) is 115 cm³/mol. The molecule has 2 atom stereocenters. The van der Waals surface area contributed by atoms with Gasteiger partial charge in [-0.1, -0.05) is 41.9 Å². The molecular weight excluding hydrogens is 390 g/mol. The normalized spacial score (nSPS) is 17.0. The average molecular weight is 414 g/mol. The van der Waals surface area contributed by atoms with E-state index in [4.69, 9.17) is 16.3 Å². The van der Waals surface area contributed by atoms with Crippen molar-refractivity contribution < 1.29 is 14.6 Å². The number of amides is 1. The third-order valence-electron chi connectivity index (χ3n) is 4.25. The molecule has 0 aliphatic carbocycles. The minimum atomic E-state index is -0.602. The second-order valence-electron chi connectivity index (χ2n) is 7.74. The summed E-state index contributed by atoms with van der Waals surface area (Å²) < 4.78 is 5.31. The van der Waals surface area contributed by atoms with Crippen molar-refractivity contribution in [2.75, 3.05) is 6.54 Å². The van der Waals surface area contributed by atoms with Crippen LogP contribution in [0.25, 0.3) is 5.57 Å². The molecule has 2 unspecified atom stereocenters. The van der Waals surface area contributed by atoms with Crippen molar-refractivity contribution in [3.8, 4) is 0 Å². The number of hydrogen-bond donors (Lipinski definition) is 2. The molecule has 6 nitrogen and oxygen atoms in total. The van der Waals surface area contributed by atoms with Crippen LogP contribution in [-0.2, 0) is 4.74 Å². The molecule has 1 amide bonds. The van der Waals surface area contributed by atoms with E-state index in [1.54, 1.807) is 51.4 Å². The number of fused-ring (bicyclic) bond motifs is 1. The third kappa shape index (κ3) is 5.67. The smallest absolute Gasteiger partial charge is 0.407 e. The molecular formula is C22H24ClN3O3. The monoisotopic (exact) mass is 413 g/mol. The van der Waals surface area contributed by atoms with E-state index in [0.717, 1.165) is 16.7 Å². The molecule has 1 heterocycles. The maximum Gasteiger partial charge on any atom is 0.407 e. The van der Waals surface area contributed by atoms with E-state index in [-0.39, 0.29) is 11.6 Å². The maximum absolute atomic E-state index is 12.4. The zero-order chi connectivity index (χ0) is 21.0. The topological polar surface area (TPSA) is 78.2 Å². The van der Waals surface area contributed by atoms with E-state index in [1.165, 1.54) is 0 Å². The van der Waals surface area contributed by atoms with Gasteiger partial charge in [0.15, 0.2) is 0 Å². The fourth-order valence-electron chi connectivity index (χ4n) is 2.99. The van der Waals surface area contributed by atoms with E-state index in [2.05, 4.69) is 10.3 Å². The van der Waals surface area contributed by atoms with Crippen LogP contribution in [0.15, 0.2) is 59.7 Å². The van der Waals surface area contributed by atoms with Crippen LogP contribution < -0.4 is 10.4 Å². The first-order valence-corrected chi connectivity index (χ1v) is 9.72. The first-order valence-electron chi connectivity index (χ1n) is 9.34. The molecule has 2 aromatic carbocycles. The number of quaternary nitrogens is 1. The second-order valence-corrected chi connectivity index (χ2v) is 8.18. The summed E-state index contributed by atoms with van der Waals surface area (Å²) in [5.41, 5.74) is 2.36. The van der Waals surface area contributed by atoms with Crippen molar-refractivity contribution in [3.63, 3.8) is 0 Å². The Kier molecular flexibility index (Phi) is 6.37. The van der Waals surface area contributed by atoms with Gasteiger partial charge in [0.2, 0.25) is 0 Å². The molecule has 7 heteroatoms. The Bertz CT molecular complexity index is 936. The van der Waals surface area contributed by atoms with Crippen LogP contribution in [0.1, 0.15) is 31.9 Å². The summed E-state index contributed by atoms with van der Waals surface area (Å²) >= 11 is 6.15. The molecule has 0 saturated carbocycles. The fourth-order valence-corrected chi connectivity index (χ4v) is 3.17. The average Bonchev–Trinajstić information content (AvgIpc) is 2.97. The molecule has 0 spiro atoms. The Balaban J connectivity index is 1.86. The lowest BCUT2D eigenvalue weighted by Gasteiger charge is -2.21. The van der Waals surface area contributed by atoms with Crippen molar-refractivity contribution in [1.82, 2.24) is 5.32 Å². The molecule has 0 bridgehead atoms. The second kappa shape index (κ2) is 8.78. The Morgan fingerprint density at radius 3 is 2.69 bits per heavy atom. The lowest BCUT2D eigenvalue weighted by molar-refractivity contribution is -0.710. The number of halogens is 1. The lowest BCUT2D eigenvalue weighted by atomic mass is 10.0. The number of aliphatic imine (C=N–C) groups is 1. The SMILES string of the molecule is CC(C)(C)OC(=O)NCC(N=Cc1ccccc1)C1=C[NH+]([O-])c2ccc(Cl)cc21. The van der Waals surface area contributed by atoms with Gasteiger partial charge in [-0.2, -0.15) is 0 Å². The van der Waals surface area contributed by atoms with Crippen molar-refractivity contribution in [2.24, 2.45) is 4.99 Å². The first-order chi connectivity index (χ1) is 13.7. The number of hydrogen-bond acceptors (Lipinski definition) is 4. The molecule has 0 fully saturated rings. The molecule has 2 N–H and O–H groups in total. The number of nitrogens with one attached hydrogen (secondary N) is 2. The predicted octanol–water partition coefficient (Wildman–Crippen LogP) is 3.72. The number of carbonyl (C=O) groups is 1. The summed E-state index contributed by atoms with van der Waals surface area (Å²) in [6, 6.07) is 14.3. The number of ether oxygens (including phenoxy) is 1. The number of alkyl carbamates (subject to hydrolysis) is 1. The molecule has 1 aliphatic rings. The van der Waals surface area contributed by atoms with E-state index in [9.17, 15) is 10.0 Å².